The molecule has 1 saturated carbocycles. The minimum Gasteiger partial charge on any atom is -0.345 e. The fourth-order valence-corrected chi connectivity index (χ4v) is 4.79. The van der Waals surface area contributed by atoms with E-state index in [-0.39, 0.29) is 12.1 Å². The second kappa shape index (κ2) is 10.7. The first-order chi connectivity index (χ1) is 15.6. The summed E-state index contributed by atoms with van der Waals surface area (Å²) in [6.07, 6.45) is 8.79. The molecule has 1 aromatic heterocycles. The second-order valence-corrected chi connectivity index (χ2v) is 9.10. The van der Waals surface area contributed by atoms with Gasteiger partial charge in [-0.05, 0) is 66.8 Å². The molecule has 2 aromatic carbocycles. The molecule has 0 saturated heterocycles. The number of hydrogen-bond acceptors (Lipinski definition) is 1. The molecular formula is C27H32ClN3O. The van der Waals surface area contributed by atoms with Crippen LogP contribution < -0.4 is 5.32 Å². The van der Waals surface area contributed by atoms with Gasteiger partial charge in [0.15, 0.2) is 0 Å². The van der Waals surface area contributed by atoms with Gasteiger partial charge in [0, 0.05) is 35.2 Å². The van der Waals surface area contributed by atoms with Crippen LogP contribution in [0.2, 0.25) is 5.02 Å². The maximum Gasteiger partial charge on any atom is 0.322 e. The first-order valence-electron chi connectivity index (χ1n) is 11.7. The van der Waals surface area contributed by atoms with Crippen molar-refractivity contribution >= 4 is 23.3 Å². The summed E-state index contributed by atoms with van der Waals surface area (Å²) in [4.78, 5) is 15.5. The number of nitrogens with zero attached hydrogens (tertiary/aromatic N) is 2. The summed E-state index contributed by atoms with van der Waals surface area (Å²) in [7, 11) is 0. The number of aromatic nitrogens is 1. The van der Waals surface area contributed by atoms with Crippen molar-refractivity contribution in [2.24, 2.45) is 0 Å². The highest BCUT2D eigenvalue weighted by molar-refractivity contribution is 6.30. The van der Waals surface area contributed by atoms with Gasteiger partial charge in [-0.2, -0.15) is 0 Å². The van der Waals surface area contributed by atoms with Gasteiger partial charge in [0.2, 0.25) is 0 Å². The molecular weight excluding hydrogens is 418 g/mol. The molecule has 168 valence electrons. The Morgan fingerprint density at radius 3 is 2.59 bits per heavy atom. The first-order valence-corrected chi connectivity index (χ1v) is 12.0. The molecule has 4 nitrogen and oxygen atoms in total. The van der Waals surface area contributed by atoms with Crippen molar-refractivity contribution in [2.45, 2.75) is 64.6 Å². The van der Waals surface area contributed by atoms with E-state index in [1.807, 2.05) is 35.2 Å². The minimum atomic E-state index is -0.0133. The van der Waals surface area contributed by atoms with E-state index < -0.39 is 0 Å². The predicted octanol–water partition coefficient (Wildman–Crippen LogP) is 7.12. The highest BCUT2D eigenvalue weighted by Gasteiger charge is 2.26. The van der Waals surface area contributed by atoms with Crippen LogP contribution in [0.3, 0.4) is 0 Å². The molecule has 0 radical (unpaired) electrons. The Kier molecular flexibility index (Phi) is 7.54. The average molecular weight is 450 g/mol. The van der Waals surface area contributed by atoms with Crippen molar-refractivity contribution in [1.82, 2.24) is 9.47 Å². The molecule has 0 bridgehead atoms. The molecule has 4 rings (SSSR count). The highest BCUT2D eigenvalue weighted by atomic mass is 35.5. The number of amides is 2. The number of nitrogens with one attached hydrogen (secondary N) is 1. The average Bonchev–Trinajstić information content (AvgIpc) is 3.24. The van der Waals surface area contributed by atoms with Gasteiger partial charge in [0.1, 0.15) is 0 Å². The van der Waals surface area contributed by atoms with Gasteiger partial charge >= 0.3 is 6.03 Å². The van der Waals surface area contributed by atoms with E-state index in [0.29, 0.717) is 6.54 Å². The van der Waals surface area contributed by atoms with Crippen molar-refractivity contribution in [2.75, 3.05) is 5.32 Å². The van der Waals surface area contributed by atoms with Crippen LogP contribution in [0.4, 0.5) is 10.5 Å². The topological polar surface area (TPSA) is 37.3 Å². The summed E-state index contributed by atoms with van der Waals surface area (Å²) in [5.41, 5.74) is 4.37. The fourth-order valence-electron chi connectivity index (χ4n) is 4.58. The molecule has 0 unspecified atom stereocenters. The van der Waals surface area contributed by atoms with Crippen LogP contribution in [0, 0.1) is 0 Å². The van der Waals surface area contributed by atoms with Crippen LogP contribution in [0.15, 0.2) is 66.9 Å². The van der Waals surface area contributed by atoms with Gasteiger partial charge in [-0.15, -0.1) is 0 Å². The van der Waals surface area contributed by atoms with Crippen LogP contribution in [0.5, 0.6) is 0 Å². The lowest BCUT2D eigenvalue weighted by molar-refractivity contribution is 0.161. The zero-order valence-electron chi connectivity index (χ0n) is 18.8. The third-order valence-electron chi connectivity index (χ3n) is 6.36. The van der Waals surface area contributed by atoms with Crippen LogP contribution >= 0.6 is 11.6 Å². The molecule has 2 amide bonds. The molecule has 0 spiro atoms. The van der Waals surface area contributed by atoms with E-state index in [1.54, 1.807) is 0 Å². The van der Waals surface area contributed by atoms with E-state index in [0.717, 1.165) is 47.8 Å². The Morgan fingerprint density at radius 1 is 1.03 bits per heavy atom. The van der Waals surface area contributed by atoms with E-state index in [2.05, 4.69) is 53.3 Å². The van der Waals surface area contributed by atoms with Crippen molar-refractivity contribution in [3.8, 4) is 0 Å². The number of rotatable bonds is 7. The molecule has 5 heteroatoms. The van der Waals surface area contributed by atoms with E-state index >= 15 is 0 Å². The summed E-state index contributed by atoms with van der Waals surface area (Å²) in [6, 6.07) is 20.5. The van der Waals surface area contributed by atoms with Crippen LogP contribution in [-0.2, 0) is 19.5 Å². The SMILES string of the molecule is CCc1cccc(NC(=O)N(Cc2cccn2Cc2cccc(Cl)c2)C2CCCCC2)c1. The lowest BCUT2D eigenvalue weighted by Crippen LogP contribution is -2.43. The number of hydrogen-bond donors (Lipinski definition) is 1. The van der Waals surface area contributed by atoms with Crippen molar-refractivity contribution in [3.05, 3.63) is 88.7 Å². The van der Waals surface area contributed by atoms with Gasteiger partial charge in [0.25, 0.3) is 0 Å². The Bertz CT molecular complexity index is 1040. The normalized spacial score (nSPS) is 14.3. The Labute approximate surface area is 196 Å². The smallest absolute Gasteiger partial charge is 0.322 e. The Hall–Kier alpha value is -2.72. The maximum absolute atomic E-state index is 13.4. The molecule has 0 atom stereocenters. The van der Waals surface area contributed by atoms with E-state index in [4.69, 9.17) is 11.6 Å². The maximum atomic E-state index is 13.4. The Morgan fingerprint density at radius 2 is 1.81 bits per heavy atom. The molecule has 32 heavy (non-hydrogen) atoms. The monoisotopic (exact) mass is 449 g/mol. The lowest BCUT2D eigenvalue weighted by atomic mass is 9.94. The largest absolute Gasteiger partial charge is 0.345 e. The molecule has 1 N–H and O–H groups in total. The summed E-state index contributed by atoms with van der Waals surface area (Å²) >= 11 is 6.18. The van der Waals surface area contributed by atoms with Crippen molar-refractivity contribution in [1.29, 1.82) is 0 Å². The number of benzene rings is 2. The molecule has 3 aromatic rings. The number of carbonyl (C=O) groups is 1. The number of urea groups is 1. The standard InChI is InChI=1S/C27H32ClN3O/c1-2-21-9-7-12-24(18-21)29-27(32)31(25-13-4-3-5-14-25)20-26-15-8-16-30(26)19-22-10-6-11-23(28)17-22/h6-12,15-18,25H,2-5,13-14,19-20H2,1H3,(H,29,32). The van der Waals surface area contributed by atoms with Gasteiger partial charge in [0.05, 0.1) is 6.54 Å². The number of aryl methyl sites for hydroxylation is 1. The summed E-state index contributed by atoms with van der Waals surface area (Å²) in [5.74, 6) is 0. The van der Waals surface area contributed by atoms with Crippen LogP contribution in [-0.4, -0.2) is 21.5 Å². The van der Waals surface area contributed by atoms with Gasteiger partial charge < -0.3 is 14.8 Å². The predicted molar refractivity (Wildman–Crippen MR) is 132 cm³/mol. The minimum absolute atomic E-state index is 0.0133. The number of anilines is 1. The highest BCUT2D eigenvalue weighted by Crippen LogP contribution is 2.26. The molecule has 1 aliphatic rings. The molecule has 1 fully saturated rings. The summed E-state index contributed by atoms with van der Waals surface area (Å²) < 4.78 is 2.21. The summed E-state index contributed by atoms with van der Waals surface area (Å²) in [6.45, 7) is 3.46. The fraction of sp³-hybridized carbons (Fsp3) is 0.370. The van der Waals surface area contributed by atoms with Gasteiger partial charge in [-0.25, -0.2) is 4.79 Å². The van der Waals surface area contributed by atoms with Crippen LogP contribution in [0.25, 0.3) is 0 Å². The van der Waals surface area contributed by atoms with Gasteiger partial charge in [-0.1, -0.05) is 62.1 Å². The first kappa shape index (κ1) is 22.5. The van der Waals surface area contributed by atoms with Crippen LogP contribution in [0.1, 0.15) is 55.8 Å². The second-order valence-electron chi connectivity index (χ2n) is 8.66. The number of carbonyl (C=O) groups excluding carboxylic acids is 1. The van der Waals surface area contributed by atoms with Gasteiger partial charge in [-0.3, -0.25) is 0 Å². The zero-order valence-corrected chi connectivity index (χ0v) is 19.5. The van der Waals surface area contributed by atoms with E-state index in [1.165, 1.54) is 24.8 Å². The molecule has 0 aliphatic heterocycles. The molecule has 1 heterocycles. The third kappa shape index (κ3) is 5.74. The summed E-state index contributed by atoms with van der Waals surface area (Å²) in [5, 5.41) is 3.91. The van der Waals surface area contributed by atoms with Crippen molar-refractivity contribution < 1.29 is 4.79 Å². The Balaban J connectivity index is 1.53. The molecule has 1 aliphatic carbocycles. The zero-order chi connectivity index (χ0) is 22.3. The van der Waals surface area contributed by atoms with Crippen molar-refractivity contribution in [3.63, 3.8) is 0 Å². The third-order valence-corrected chi connectivity index (χ3v) is 6.60. The number of halogens is 1. The quantitative estimate of drug-likeness (QED) is 0.409. The lowest BCUT2D eigenvalue weighted by Gasteiger charge is -2.34. The van der Waals surface area contributed by atoms with E-state index in [9.17, 15) is 4.79 Å².